The van der Waals surface area contributed by atoms with Crippen LogP contribution in [0.5, 0.6) is 5.75 Å². The molecule has 0 bridgehead atoms. The van der Waals surface area contributed by atoms with Gasteiger partial charge in [0.25, 0.3) is 0 Å². The third kappa shape index (κ3) is 3.97. The van der Waals surface area contributed by atoms with E-state index in [1.807, 2.05) is 0 Å². The summed E-state index contributed by atoms with van der Waals surface area (Å²) in [5, 5.41) is 8.07. The maximum absolute atomic E-state index is 12.0. The highest BCUT2D eigenvalue weighted by atomic mass is 16.5. The molecule has 3 N–H and O–H groups in total. The minimum atomic E-state index is -0.475. The number of carbonyl (C=O) groups is 3. The molecular formula is C15H19N3O4. The van der Waals surface area contributed by atoms with E-state index >= 15 is 0 Å². The smallest absolute Gasteiger partial charge is 0.242 e. The third-order valence-corrected chi connectivity index (χ3v) is 3.37. The summed E-state index contributed by atoms with van der Waals surface area (Å²) in [5.74, 6) is 0.113. The standard InChI is InChI=1S/C15H19N3O4/c1-9(19)17-11-3-5-13(22-2)10(7-11)8-16-15(21)12-4-6-14(20)18-12/h3,5,7,12H,4,6,8H2,1-2H3,(H,16,21)(H,17,19)(H,18,20). The van der Waals surface area contributed by atoms with Gasteiger partial charge in [0.1, 0.15) is 11.8 Å². The van der Waals surface area contributed by atoms with Gasteiger partial charge in [-0.2, -0.15) is 0 Å². The van der Waals surface area contributed by atoms with Gasteiger partial charge in [-0.15, -0.1) is 0 Å². The highest BCUT2D eigenvalue weighted by Gasteiger charge is 2.26. The highest BCUT2D eigenvalue weighted by Crippen LogP contribution is 2.22. The summed E-state index contributed by atoms with van der Waals surface area (Å²) in [6.45, 7) is 1.68. The van der Waals surface area contributed by atoms with Gasteiger partial charge in [0.05, 0.1) is 7.11 Å². The van der Waals surface area contributed by atoms with E-state index in [0.29, 0.717) is 24.3 Å². The van der Waals surface area contributed by atoms with Gasteiger partial charge >= 0.3 is 0 Å². The summed E-state index contributed by atoms with van der Waals surface area (Å²) in [4.78, 5) is 34.2. The van der Waals surface area contributed by atoms with E-state index in [1.54, 1.807) is 18.2 Å². The maximum atomic E-state index is 12.0. The molecule has 1 aliphatic heterocycles. The third-order valence-electron chi connectivity index (χ3n) is 3.37. The van der Waals surface area contributed by atoms with E-state index in [-0.39, 0.29) is 24.3 Å². The number of hydrogen-bond donors (Lipinski definition) is 3. The molecule has 1 saturated heterocycles. The van der Waals surface area contributed by atoms with Crippen LogP contribution < -0.4 is 20.7 Å². The van der Waals surface area contributed by atoms with Gasteiger partial charge in [0, 0.05) is 31.1 Å². The minimum Gasteiger partial charge on any atom is -0.496 e. The van der Waals surface area contributed by atoms with E-state index in [4.69, 9.17) is 4.74 Å². The Morgan fingerprint density at radius 3 is 2.77 bits per heavy atom. The molecule has 0 saturated carbocycles. The second-order valence-corrected chi connectivity index (χ2v) is 5.08. The predicted octanol–water partition coefficient (Wildman–Crippen LogP) is 0.548. The first-order chi connectivity index (χ1) is 10.5. The molecule has 0 aromatic heterocycles. The lowest BCUT2D eigenvalue weighted by molar-refractivity contribution is -0.125. The molecule has 2 rings (SSSR count). The summed E-state index contributed by atoms with van der Waals surface area (Å²) in [6.07, 6.45) is 0.882. The van der Waals surface area contributed by atoms with Crippen LogP contribution in [0.25, 0.3) is 0 Å². The summed E-state index contributed by atoms with van der Waals surface area (Å²) >= 11 is 0. The van der Waals surface area contributed by atoms with Crippen LogP contribution in [0.2, 0.25) is 0 Å². The minimum absolute atomic E-state index is 0.106. The Labute approximate surface area is 128 Å². The van der Waals surface area contributed by atoms with Gasteiger partial charge in [0.2, 0.25) is 17.7 Å². The first-order valence-electron chi connectivity index (χ1n) is 7.01. The molecule has 1 unspecified atom stereocenters. The lowest BCUT2D eigenvalue weighted by Gasteiger charge is -2.14. The van der Waals surface area contributed by atoms with Crippen LogP contribution in [-0.4, -0.2) is 30.9 Å². The molecule has 0 aliphatic carbocycles. The lowest BCUT2D eigenvalue weighted by Crippen LogP contribution is -2.41. The normalized spacial score (nSPS) is 16.8. The Bertz CT molecular complexity index is 600. The van der Waals surface area contributed by atoms with Gasteiger partial charge < -0.3 is 20.7 Å². The van der Waals surface area contributed by atoms with Crippen LogP contribution in [0.3, 0.4) is 0 Å². The monoisotopic (exact) mass is 305 g/mol. The summed E-state index contributed by atoms with van der Waals surface area (Å²) in [7, 11) is 1.54. The van der Waals surface area contributed by atoms with Gasteiger partial charge in [0.15, 0.2) is 0 Å². The molecule has 1 aliphatic rings. The van der Waals surface area contributed by atoms with Gasteiger partial charge in [-0.3, -0.25) is 14.4 Å². The van der Waals surface area contributed by atoms with Gasteiger partial charge in [-0.25, -0.2) is 0 Å². The number of rotatable bonds is 5. The summed E-state index contributed by atoms with van der Waals surface area (Å²) in [5.41, 5.74) is 1.37. The van der Waals surface area contributed by atoms with Crippen molar-refractivity contribution in [2.75, 3.05) is 12.4 Å². The molecule has 0 radical (unpaired) electrons. The Morgan fingerprint density at radius 1 is 1.41 bits per heavy atom. The number of amides is 3. The number of nitrogens with one attached hydrogen (secondary N) is 3. The van der Waals surface area contributed by atoms with Crippen LogP contribution in [0.4, 0.5) is 5.69 Å². The SMILES string of the molecule is COc1ccc(NC(C)=O)cc1CNC(=O)C1CCC(=O)N1. The Kier molecular flexibility index (Phi) is 4.98. The zero-order chi connectivity index (χ0) is 16.1. The molecule has 1 atom stereocenters. The van der Waals surface area contributed by atoms with Crippen molar-refractivity contribution in [2.24, 2.45) is 0 Å². The molecule has 1 fully saturated rings. The first kappa shape index (κ1) is 15.8. The van der Waals surface area contributed by atoms with Crippen LogP contribution in [-0.2, 0) is 20.9 Å². The van der Waals surface area contributed by atoms with Crippen molar-refractivity contribution in [1.82, 2.24) is 10.6 Å². The molecule has 3 amide bonds. The first-order valence-corrected chi connectivity index (χ1v) is 7.01. The fraction of sp³-hybridized carbons (Fsp3) is 0.400. The Hall–Kier alpha value is -2.57. The maximum Gasteiger partial charge on any atom is 0.242 e. The second kappa shape index (κ2) is 6.93. The molecule has 118 valence electrons. The van der Waals surface area contributed by atoms with Gasteiger partial charge in [-0.05, 0) is 24.6 Å². The summed E-state index contributed by atoms with van der Waals surface area (Å²) in [6, 6.07) is 4.72. The zero-order valence-electron chi connectivity index (χ0n) is 12.6. The Morgan fingerprint density at radius 2 is 2.18 bits per heavy atom. The fourth-order valence-electron chi connectivity index (χ4n) is 2.31. The number of carbonyl (C=O) groups excluding carboxylic acids is 3. The van der Waals surface area contributed by atoms with Crippen molar-refractivity contribution in [3.05, 3.63) is 23.8 Å². The van der Waals surface area contributed by atoms with E-state index in [0.717, 1.165) is 5.56 Å². The number of ether oxygens (including phenoxy) is 1. The topological polar surface area (TPSA) is 96.5 Å². The van der Waals surface area contributed by atoms with Crippen molar-refractivity contribution < 1.29 is 19.1 Å². The molecule has 7 heteroatoms. The van der Waals surface area contributed by atoms with Crippen molar-refractivity contribution in [2.45, 2.75) is 32.4 Å². The van der Waals surface area contributed by atoms with E-state index < -0.39 is 6.04 Å². The quantitative estimate of drug-likeness (QED) is 0.740. The Balaban J connectivity index is 2.02. The van der Waals surface area contributed by atoms with E-state index in [1.165, 1.54) is 14.0 Å². The van der Waals surface area contributed by atoms with Crippen LogP contribution in [0, 0.1) is 0 Å². The lowest BCUT2D eigenvalue weighted by atomic mass is 10.1. The van der Waals surface area contributed by atoms with Crippen molar-refractivity contribution in [1.29, 1.82) is 0 Å². The highest BCUT2D eigenvalue weighted by molar-refractivity contribution is 5.91. The summed E-state index contributed by atoms with van der Waals surface area (Å²) < 4.78 is 5.25. The number of benzene rings is 1. The van der Waals surface area contributed by atoms with Crippen LogP contribution >= 0.6 is 0 Å². The second-order valence-electron chi connectivity index (χ2n) is 5.08. The van der Waals surface area contributed by atoms with Crippen molar-refractivity contribution in [3.63, 3.8) is 0 Å². The molecule has 22 heavy (non-hydrogen) atoms. The molecule has 1 heterocycles. The van der Waals surface area contributed by atoms with E-state index in [2.05, 4.69) is 16.0 Å². The average Bonchev–Trinajstić information content (AvgIpc) is 2.91. The van der Waals surface area contributed by atoms with Gasteiger partial charge in [-0.1, -0.05) is 0 Å². The number of anilines is 1. The molecule has 7 nitrogen and oxygen atoms in total. The molecule has 1 aromatic carbocycles. The molecule has 0 spiro atoms. The zero-order valence-corrected chi connectivity index (χ0v) is 12.6. The fourth-order valence-corrected chi connectivity index (χ4v) is 2.31. The van der Waals surface area contributed by atoms with Crippen LogP contribution in [0.1, 0.15) is 25.3 Å². The number of methoxy groups -OCH3 is 1. The largest absolute Gasteiger partial charge is 0.496 e. The van der Waals surface area contributed by atoms with Crippen molar-refractivity contribution in [3.8, 4) is 5.75 Å². The molecule has 1 aromatic rings. The average molecular weight is 305 g/mol. The molecular weight excluding hydrogens is 286 g/mol. The van der Waals surface area contributed by atoms with Crippen molar-refractivity contribution >= 4 is 23.4 Å². The van der Waals surface area contributed by atoms with Crippen LogP contribution in [0.15, 0.2) is 18.2 Å². The predicted molar refractivity (Wildman–Crippen MR) is 80.3 cm³/mol. The van der Waals surface area contributed by atoms with E-state index in [9.17, 15) is 14.4 Å². The number of hydrogen-bond acceptors (Lipinski definition) is 4.